The molecule has 1 fully saturated rings. The van der Waals surface area contributed by atoms with Crippen LogP contribution in [0.4, 0.5) is 5.82 Å². The van der Waals surface area contributed by atoms with Crippen LogP contribution in [0.25, 0.3) is 0 Å². The smallest absolute Gasteiger partial charge is 0.218 e. The minimum atomic E-state index is 0.682. The van der Waals surface area contributed by atoms with Crippen LogP contribution < -0.4 is 10.1 Å². The van der Waals surface area contributed by atoms with Crippen LogP contribution in [0.2, 0.25) is 0 Å². The molecule has 1 aromatic rings. The van der Waals surface area contributed by atoms with Crippen molar-refractivity contribution in [2.75, 3.05) is 38.6 Å². The molecule has 1 aromatic heterocycles. The molecule has 0 aliphatic carbocycles. The lowest BCUT2D eigenvalue weighted by atomic mass is 10.3. The Kier molecular flexibility index (Phi) is 5.39. The van der Waals surface area contributed by atoms with Gasteiger partial charge in [0.15, 0.2) is 0 Å². The summed E-state index contributed by atoms with van der Waals surface area (Å²) in [4.78, 5) is 11.3. The van der Waals surface area contributed by atoms with E-state index in [1.807, 2.05) is 13.1 Å². The third kappa shape index (κ3) is 4.35. The largest absolute Gasteiger partial charge is 0.476 e. The Balaban J connectivity index is 1.88. The zero-order chi connectivity index (χ0) is 13.5. The monoisotopic (exact) mass is 264 g/mol. The maximum Gasteiger partial charge on any atom is 0.218 e. The Bertz CT molecular complexity index is 391. The minimum absolute atomic E-state index is 0.682. The van der Waals surface area contributed by atoms with Crippen LogP contribution in [0.15, 0.2) is 6.07 Å². The molecule has 1 aliphatic rings. The molecule has 0 amide bonds. The highest BCUT2D eigenvalue weighted by atomic mass is 16.5. The summed E-state index contributed by atoms with van der Waals surface area (Å²) in [6, 6.07) is 1.86. The van der Waals surface area contributed by atoms with Gasteiger partial charge < -0.3 is 10.1 Å². The van der Waals surface area contributed by atoms with Crippen molar-refractivity contribution in [1.82, 2.24) is 14.9 Å². The van der Waals surface area contributed by atoms with Crippen molar-refractivity contribution in [3.63, 3.8) is 0 Å². The number of aryl methyl sites for hydroxylation is 1. The van der Waals surface area contributed by atoms with Gasteiger partial charge in [0.1, 0.15) is 18.2 Å². The molecule has 1 saturated heterocycles. The van der Waals surface area contributed by atoms with Gasteiger partial charge in [-0.15, -0.1) is 0 Å². The van der Waals surface area contributed by atoms with E-state index in [9.17, 15) is 0 Å². The van der Waals surface area contributed by atoms with Crippen LogP contribution >= 0.6 is 0 Å². The first-order chi connectivity index (χ1) is 9.31. The van der Waals surface area contributed by atoms with Crippen LogP contribution in [0.3, 0.4) is 0 Å². The molecule has 106 valence electrons. The zero-order valence-electron chi connectivity index (χ0n) is 12.0. The Morgan fingerprint density at radius 2 is 2.11 bits per heavy atom. The van der Waals surface area contributed by atoms with E-state index < -0.39 is 0 Å². The Labute approximate surface area is 115 Å². The second kappa shape index (κ2) is 7.28. The van der Waals surface area contributed by atoms with Gasteiger partial charge >= 0.3 is 0 Å². The molecule has 0 radical (unpaired) electrons. The fraction of sp³-hybridized carbons (Fsp3) is 0.714. The van der Waals surface area contributed by atoms with Gasteiger partial charge in [-0.1, -0.05) is 6.92 Å². The van der Waals surface area contributed by atoms with Crippen LogP contribution in [0.5, 0.6) is 5.88 Å². The number of hydrogen-bond acceptors (Lipinski definition) is 5. The molecule has 19 heavy (non-hydrogen) atoms. The van der Waals surface area contributed by atoms with Crippen molar-refractivity contribution < 1.29 is 4.74 Å². The van der Waals surface area contributed by atoms with Gasteiger partial charge in [0.05, 0.1) is 0 Å². The molecule has 1 N–H and O–H groups in total. The van der Waals surface area contributed by atoms with E-state index >= 15 is 0 Å². The maximum atomic E-state index is 5.76. The van der Waals surface area contributed by atoms with Gasteiger partial charge in [0.25, 0.3) is 0 Å². The number of anilines is 1. The van der Waals surface area contributed by atoms with Gasteiger partial charge in [0.2, 0.25) is 5.88 Å². The van der Waals surface area contributed by atoms with E-state index in [0.717, 1.165) is 31.0 Å². The molecule has 0 aromatic carbocycles. The lowest BCUT2D eigenvalue weighted by Crippen LogP contribution is -2.25. The van der Waals surface area contributed by atoms with Gasteiger partial charge in [-0.2, -0.15) is 4.98 Å². The van der Waals surface area contributed by atoms with Crippen LogP contribution in [-0.2, 0) is 6.42 Å². The third-order valence-electron chi connectivity index (χ3n) is 3.33. The molecule has 0 saturated carbocycles. The van der Waals surface area contributed by atoms with Crippen molar-refractivity contribution >= 4 is 5.82 Å². The third-order valence-corrected chi connectivity index (χ3v) is 3.33. The van der Waals surface area contributed by atoms with Crippen LogP contribution in [0.1, 0.15) is 32.0 Å². The molecule has 5 nitrogen and oxygen atoms in total. The Morgan fingerprint density at radius 3 is 2.79 bits per heavy atom. The first-order valence-corrected chi connectivity index (χ1v) is 7.22. The highest BCUT2D eigenvalue weighted by Gasteiger charge is 2.11. The minimum Gasteiger partial charge on any atom is -0.476 e. The predicted molar refractivity (Wildman–Crippen MR) is 76.7 cm³/mol. The van der Waals surface area contributed by atoms with E-state index in [1.54, 1.807) is 0 Å². The first kappa shape index (κ1) is 14.1. The number of nitrogens with zero attached hydrogens (tertiary/aromatic N) is 3. The summed E-state index contributed by atoms with van der Waals surface area (Å²) in [5, 5.41) is 3.06. The summed E-state index contributed by atoms with van der Waals surface area (Å²) in [7, 11) is 1.87. The van der Waals surface area contributed by atoms with E-state index in [2.05, 4.69) is 27.1 Å². The zero-order valence-corrected chi connectivity index (χ0v) is 12.0. The fourth-order valence-electron chi connectivity index (χ4n) is 2.30. The summed E-state index contributed by atoms with van der Waals surface area (Å²) in [6.07, 6.45) is 4.56. The summed E-state index contributed by atoms with van der Waals surface area (Å²) < 4.78 is 5.76. The Morgan fingerprint density at radius 1 is 1.32 bits per heavy atom. The molecular weight excluding hydrogens is 240 g/mol. The molecule has 2 rings (SSSR count). The predicted octanol–water partition coefficient (Wildman–Crippen LogP) is 1.95. The SMILES string of the molecule is CCCc1nc(NC)cc(OCCN2CCCC2)n1. The van der Waals surface area contributed by atoms with E-state index in [0.29, 0.717) is 12.5 Å². The molecule has 0 bridgehead atoms. The number of nitrogens with one attached hydrogen (secondary N) is 1. The van der Waals surface area contributed by atoms with Crippen molar-refractivity contribution in [3.05, 3.63) is 11.9 Å². The topological polar surface area (TPSA) is 50.3 Å². The van der Waals surface area contributed by atoms with Crippen molar-refractivity contribution in [2.24, 2.45) is 0 Å². The van der Waals surface area contributed by atoms with E-state index in [1.165, 1.54) is 25.9 Å². The second-order valence-corrected chi connectivity index (χ2v) is 4.90. The quantitative estimate of drug-likeness (QED) is 0.815. The normalized spacial score (nSPS) is 15.7. The van der Waals surface area contributed by atoms with Gasteiger partial charge in [0, 0.05) is 26.1 Å². The number of likely N-dealkylation sites (tertiary alicyclic amines) is 1. The molecule has 0 atom stereocenters. The van der Waals surface area contributed by atoms with Crippen LogP contribution in [0, 0.1) is 0 Å². The molecule has 0 unspecified atom stereocenters. The molecular formula is C14H24N4O. The van der Waals surface area contributed by atoms with E-state index in [4.69, 9.17) is 4.74 Å². The second-order valence-electron chi connectivity index (χ2n) is 4.90. The molecule has 2 heterocycles. The Hall–Kier alpha value is -1.36. The highest BCUT2D eigenvalue weighted by molar-refractivity contribution is 5.37. The highest BCUT2D eigenvalue weighted by Crippen LogP contribution is 2.14. The maximum absolute atomic E-state index is 5.76. The van der Waals surface area contributed by atoms with Crippen molar-refractivity contribution in [3.8, 4) is 5.88 Å². The number of hydrogen-bond donors (Lipinski definition) is 1. The number of aromatic nitrogens is 2. The summed E-state index contributed by atoms with van der Waals surface area (Å²) >= 11 is 0. The average Bonchev–Trinajstić information content (AvgIpc) is 2.92. The molecule has 5 heteroatoms. The van der Waals surface area contributed by atoms with Crippen molar-refractivity contribution in [2.45, 2.75) is 32.6 Å². The van der Waals surface area contributed by atoms with Gasteiger partial charge in [-0.05, 0) is 32.4 Å². The van der Waals surface area contributed by atoms with Crippen molar-refractivity contribution in [1.29, 1.82) is 0 Å². The van der Waals surface area contributed by atoms with Gasteiger partial charge in [-0.3, -0.25) is 4.90 Å². The summed E-state index contributed by atoms with van der Waals surface area (Å²) in [5.74, 6) is 2.36. The fourth-order valence-corrected chi connectivity index (χ4v) is 2.30. The summed E-state index contributed by atoms with van der Waals surface area (Å²) in [6.45, 7) is 6.23. The molecule has 1 aliphatic heterocycles. The first-order valence-electron chi connectivity index (χ1n) is 7.22. The average molecular weight is 264 g/mol. The molecule has 0 spiro atoms. The lowest BCUT2D eigenvalue weighted by molar-refractivity contribution is 0.231. The summed E-state index contributed by atoms with van der Waals surface area (Å²) in [5.41, 5.74) is 0. The van der Waals surface area contributed by atoms with Crippen LogP contribution in [-0.4, -0.2) is 48.2 Å². The van der Waals surface area contributed by atoms with E-state index in [-0.39, 0.29) is 0 Å². The number of rotatable bonds is 7. The standard InChI is InChI=1S/C14H24N4O/c1-3-6-12-16-13(15-2)11-14(17-12)19-10-9-18-7-4-5-8-18/h11H,3-10H2,1-2H3,(H,15,16,17). The van der Waals surface area contributed by atoms with Gasteiger partial charge in [-0.25, -0.2) is 4.98 Å². The number of ether oxygens (including phenoxy) is 1. The lowest BCUT2D eigenvalue weighted by Gasteiger charge is -2.15.